The maximum absolute atomic E-state index is 13.3. The topological polar surface area (TPSA) is 47.3 Å². The van der Waals surface area contributed by atoms with Gasteiger partial charge in [0.15, 0.2) is 23.2 Å². The number of aromatic nitrogens is 1. The van der Waals surface area contributed by atoms with E-state index < -0.39 is 5.82 Å². The predicted molar refractivity (Wildman–Crippen MR) is 66.1 cm³/mol. The van der Waals surface area contributed by atoms with E-state index in [-0.39, 0.29) is 5.75 Å². The Kier molecular flexibility index (Phi) is 3.94. The molecule has 0 amide bonds. The lowest BCUT2D eigenvalue weighted by Crippen LogP contribution is -2.10. The first kappa shape index (κ1) is 12.6. The monoisotopic (exact) mass is 250 g/mol. The number of rotatable bonds is 5. The zero-order valence-corrected chi connectivity index (χ0v) is 10.4. The van der Waals surface area contributed by atoms with Crippen LogP contribution >= 0.6 is 0 Å². The minimum atomic E-state index is -0.392. The zero-order valence-electron chi connectivity index (χ0n) is 10.4. The van der Waals surface area contributed by atoms with Gasteiger partial charge in [-0.15, -0.1) is 0 Å². The van der Waals surface area contributed by atoms with Crippen LogP contribution in [0.4, 0.5) is 4.39 Å². The van der Waals surface area contributed by atoms with Crippen molar-refractivity contribution < 1.29 is 13.5 Å². The van der Waals surface area contributed by atoms with Crippen molar-refractivity contribution in [1.29, 1.82) is 0 Å². The largest absolute Gasteiger partial charge is 0.494 e. The predicted octanol–water partition coefficient (Wildman–Crippen LogP) is 2.25. The smallest absolute Gasteiger partial charge is 0.196 e. The molecule has 0 aliphatic heterocycles. The van der Waals surface area contributed by atoms with Crippen LogP contribution in [0.25, 0.3) is 11.3 Å². The molecule has 0 unspecified atom stereocenters. The average Bonchev–Trinajstić information content (AvgIpc) is 2.85. The van der Waals surface area contributed by atoms with Crippen molar-refractivity contribution in [3.8, 4) is 17.1 Å². The van der Waals surface area contributed by atoms with Gasteiger partial charge in [0, 0.05) is 18.5 Å². The second-order valence-corrected chi connectivity index (χ2v) is 3.82. The minimum absolute atomic E-state index is 0.195. The Balaban J connectivity index is 2.23. The fourth-order valence-electron chi connectivity index (χ4n) is 1.60. The molecular weight excluding hydrogens is 235 g/mol. The Morgan fingerprint density at radius 1 is 1.44 bits per heavy atom. The SMILES string of the molecule is CNCCc1ncc(-c2ccc(F)c(OC)c2)o1. The Morgan fingerprint density at radius 2 is 2.28 bits per heavy atom. The number of oxazole rings is 1. The molecule has 0 atom stereocenters. The molecule has 1 aromatic heterocycles. The highest BCUT2D eigenvalue weighted by Crippen LogP contribution is 2.26. The van der Waals surface area contributed by atoms with Gasteiger partial charge in [-0.3, -0.25) is 0 Å². The number of hydrogen-bond donors (Lipinski definition) is 1. The number of halogens is 1. The van der Waals surface area contributed by atoms with Gasteiger partial charge >= 0.3 is 0 Å². The summed E-state index contributed by atoms with van der Waals surface area (Å²) in [5.41, 5.74) is 0.747. The number of ether oxygens (including phenoxy) is 1. The van der Waals surface area contributed by atoms with E-state index in [9.17, 15) is 4.39 Å². The molecule has 96 valence electrons. The van der Waals surface area contributed by atoms with Gasteiger partial charge in [0.25, 0.3) is 0 Å². The van der Waals surface area contributed by atoms with Gasteiger partial charge < -0.3 is 14.5 Å². The van der Waals surface area contributed by atoms with Crippen molar-refractivity contribution in [2.75, 3.05) is 20.7 Å². The lowest BCUT2D eigenvalue weighted by molar-refractivity contribution is 0.386. The molecule has 1 N–H and O–H groups in total. The van der Waals surface area contributed by atoms with Gasteiger partial charge in [0.1, 0.15) is 0 Å². The normalized spacial score (nSPS) is 10.6. The second kappa shape index (κ2) is 5.64. The van der Waals surface area contributed by atoms with Gasteiger partial charge in [-0.1, -0.05) is 0 Å². The average molecular weight is 250 g/mol. The summed E-state index contributed by atoms with van der Waals surface area (Å²) in [6.07, 6.45) is 2.35. The molecule has 0 radical (unpaired) electrons. The van der Waals surface area contributed by atoms with Crippen LogP contribution in [0.2, 0.25) is 0 Å². The van der Waals surface area contributed by atoms with Crippen LogP contribution in [0.5, 0.6) is 5.75 Å². The summed E-state index contributed by atoms with van der Waals surface area (Å²) >= 11 is 0. The number of likely N-dealkylation sites (N-methyl/N-ethyl adjacent to an activating group) is 1. The van der Waals surface area contributed by atoms with E-state index >= 15 is 0 Å². The van der Waals surface area contributed by atoms with Gasteiger partial charge in [-0.2, -0.15) is 0 Å². The van der Waals surface area contributed by atoms with Crippen molar-refractivity contribution >= 4 is 0 Å². The number of nitrogens with zero attached hydrogens (tertiary/aromatic N) is 1. The summed E-state index contributed by atoms with van der Waals surface area (Å²) in [7, 11) is 3.30. The summed E-state index contributed by atoms with van der Waals surface area (Å²) in [4.78, 5) is 4.17. The molecular formula is C13H15FN2O2. The third kappa shape index (κ3) is 2.68. The molecule has 0 spiro atoms. The molecule has 0 aliphatic rings. The van der Waals surface area contributed by atoms with Crippen LogP contribution < -0.4 is 10.1 Å². The highest BCUT2D eigenvalue weighted by atomic mass is 19.1. The molecule has 0 saturated heterocycles. The summed E-state index contributed by atoms with van der Waals surface area (Å²) in [6, 6.07) is 4.59. The molecule has 2 rings (SSSR count). The van der Waals surface area contributed by atoms with Crippen LogP contribution in [-0.4, -0.2) is 25.7 Å². The van der Waals surface area contributed by atoms with Gasteiger partial charge in [-0.05, 0) is 25.2 Å². The molecule has 18 heavy (non-hydrogen) atoms. The van der Waals surface area contributed by atoms with E-state index in [2.05, 4.69) is 10.3 Å². The van der Waals surface area contributed by atoms with Gasteiger partial charge in [0.05, 0.1) is 13.3 Å². The van der Waals surface area contributed by atoms with E-state index in [0.29, 0.717) is 11.7 Å². The number of hydrogen-bond acceptors (Lipinski definition) is 4. The fraction of sp³-hybridized carbons (Fsp3) is 0.308. The molecule has 0 saturated carbocycles. The quantitative estimate of drug-likeness (QED) is 0.884. The minimum Gasteiger partial charge on any atom is -0.494 e. The molecule has 1 heterocycles. The molecule has 4 nitrogen and oxygen atoms in total. The second-order valence-electron chi connectivity index (χ2n) is 3.82. The first-order chi connectivity index (χ1) is 8.74. The third-order valence-electron chi connectivity index (χ3n) is 2.58. The molecule has 1 aromatic carbocycles. The molecule has 0 bridgehead atoms. The first-order valence-corrected chi connectivity index (χ1v) is 5.68. The van der Waals surface area contributed by atoms with Crippen LogP contribution in [-0.2, 0) is 6.42 Å². The fourth-order valence-corrected chi connectivity index (χ4v) is 1.60. The lowest BCUT2D eigenvalue weighted by atomic mass is 10.2. The number of nitrogens with one attached hydrogen (secondary N) is 1. The van der Waals surface area contributed by atoms with Crippen LogP contribution in [0.15, 0.2) is 28.8 Å². The summed E-state index contributed by atoms with van der Waals surface area (Å²) in [5.74, 6) is 1.07. The maximum atomic E-state index is 13.3. The zero-order chi connectivity index (χ0) is 13.0. The molecule has 5 heteroatoms. The first-order valence-electron chi connectivity index (χ1n) is 5.68. The Morgan fingerprint density at radius 3 is 3.00 bits per heavy atom. The highest BCUT2D eigenvalue weighted by molar-refractivity contribution is 5.59. The standard InChI is InChI=1S/C13H15FN2O2/c1-15-6-5-13-16-8-12(18-13)9-3-4-10(14)11(7-9)17-2/h3-4,7-8,15H,5-6H2,1-2H3. The van der Waals surface area contributed by atoms with Crippen LogP contribution in [0, 0.1) is 5.82 Å². The van der Waals surface area contributed by atoms with Crippen LogP contribution in [0.1, 0.15) is 5.89 Å². The van der Waals surface area contributed by atoms with E-state index in [4.69, 9.17) is 9.15 Å². The van der Waals surface area contributed by atoms with Crippen LogP contribution in [0.3, 0.4) is 0 Å². The summed E-state index contributed by atoms with van der Waals surface area (Å²) in [5, 5.41) is 3.02. The lowest BCUT2D eigenvalue weighted by Gasteiger charge is -2.03. The van der Waals surface area contributed by atoms with E-state index in [1.165, 1.54) is 13.2 Å². The Hall–Kier alpha value is -1.88. The molecule has 0 fully saturated rings. The number of methoxy groups -OCH3 is 1. The highest BCUT2D eigenvalue weighted by Gasteiger charge is 2.09. The molecule has 2 aromatic rings. The Labute approximate surface area is 105 Å². The van der Waals surface area contributed by atoms with Gasteiger partial charge in [-0.25, -0.2) is 9.37 Å². The Bertz CT molecular complexity index is 525. The van der Waals surface area contributed by atoms with Gasteiger partial charge in [0.2, 0.25) is 0 Å². The number of benzene rings is 1. The summed E-state index contributed by atoms with van der Waals surface area (Å²) in [6.45, 7) is 0.798. The van der Waals surface area contributed by atoms with E-state index in [0.717, 1.165) is 18.5 Å². The van der Waals surface area contributed by atoms with Crippen molar-refractivity contribution in [3.63, 3.8) is 0 Å². The third-order valence-corrected chi connectivity index (χ3v) is 2.58. The van der Waals surface area contributed by atoms with Crippen molar-refractivity contribution in [2.45, 2.75) is 6.42 Å². The van der Waals surface area contributed by atoms with Crippen molar-refractivity contribution in [2.24, 2.45) is 0 Å². The van der Waals surface area contributed by atoms with E-state index in [1.54, 1.807) is 18.3 Å². The maximum Gasteiger partial charge on any atom is 0.196 e. The van der Waals surface area contributed by atoms with Crippen molar-refractivity contribution in [1.82, 2.24) is 10.3 Å². The molecule has 0 aliphatic carbocycles. The van der Waals surface area contributed by atoms with Crippen molar-refractivity contribution in [3.05, 3.63) is 36.1 Å². The summed E-state index contributed by atoms with van der Waals surface area (Å²) < 4.78 is 23.8. The van der Waals surface area contributed by atoms with E-state index in [1.807, 2.05) is 7.05 Å².